The Kier molecular flexibility index (Phi) is 8.99. The first-order chi connectivity index (χ1) is 11.9. The number of nitrogens with zero attached hydrogens (tertiary/aromatic N) is 1. The number of sulfonamides is 1. The molecule has 0 spiro atoms. The summed E-state index contributed by atoms with van der Waals surface area (Å²) in [5.41, 5.74) is -0.0907. The van der Waals surface area contributed by atoms with Gasteiger partial charge in [-0.1, -0.05) is 18.2 Å². The van der Waals surface area contributed by atoms with E-state index in [2.05, 4.69) is 10.6 Å². The number of likely N-dealkylation sites (N-methyl/N-ethyl adjacent to an activating group) is 1. The first-order valence-corrected chi connectivity index (χ1v) is 9.81. The van der Waals surface area contributed by atoms with Gasteiger partial charge in [0, 0.05) is 26.1 Å². The predicted octanol–water partition coefficient (Wildman–Crippen LogP) is 0.861. The monoisotopic (exact) mass is 405 g/mol. The Hall–Kier alpha value is -1.19. The molecule has 1 aliphatic rings. The van der Waals surface area contributed by atoms with Gasteiger partial charge in [-0.25, -0.2) is 8.42 Å². The van der Waals surface area contributed by atoms with Crippen LogP contribution >= 0.6 is 12.4 Å². The third-order valence-corrected chi connectivity index (χ3v) is 6.41. The van der Waals surface area contributed by atoms with Crippen LogP contribution in [0.25, 0.3) is 0 Å². The van der Waals surface area contributed by atoms with Crippen molar-refractivity contribution >= 4 is 28.3 Å². The van der Waals surface area contributed by atoms with Crippen molar-refractivity contribution in [2.45, 2.75) is 17.7 Å². The summed E-state index contributed by atoms with van der Waals surface area (Å²) in [5.74, 6) is -0.309. The zero-order valence-corrected chi connectivity index (χ0v) is 16.9. The van der Waals surface area contributed by atoms with Crippen LogP contribution < -0.4 is 10.6 Å². The molecule has 1 heterocycles. The van der Waals surface area contributed by atoms with Crippen molar-refractivity contribution in [2.24, 2.45) is 5.41 Å². The lowest BCUT2D eigenvalue weighted by molar-refractivity contribution is -0.122. The number of carbonyl (C=O) groups excluding carboxylic acids is 1. The number of hydrogen-bond donors (Lipinski definition) is 2. The maximum Gasteiger partial charge on any atom is 0.243 e. The van der Waals surface area contributed by atoms with Gasteiger partial charge in [-0.3, -0.25) is 4.79 Å². The molecule has 9 heteroatoms. The molecule has 148 valence electrons. The SMILES string of the molecule is COCC1(CNC(=O)CN(C)S(=O)(=O)c2ccccc2)CCNCC1.Cl. The minimum absolute atomic E-state index is 0. The minimum Gasteiger partial charge on any atom is -0.384 e. The van der Waals surface area contributed by atoms with Crippen molar-refractivity contribution in [3.63, 3.8) is 0 Å². The third-order valence-electron chi connectivity index (χ3n) is 4.59. The summed E-state index contributed by atoms with van der Waals surface area (Å²) in [6.45, 7) is 2.63. The molecule has 2 N–H and O–H groups in total. The molecule has 2 rings (SSSR count). The van der Waals surface area contributed by atoms with Crippen molar-refractivity contribution in [3.05, 3.63) is 30.3 Å². The molecule has 1 saturated heterocycles. The van der Waals surface area contributed by atoms with E-state index in [1.165, 1.54) is 19.2 Å². The minimum atomic E-state index is -3.66. The maximum absolute atomic E-state index is 12.5. The Morgan fingerprint density at radius 3 is 2.46 bits per heavy atom. The van der Waals surface area contributed by atoms with E-state index in [4.69, 9.17) is 4.74 Å². The molecule has 1 aromatic rings. The van der Waals surface area contributed by atoms with Gasteiger partial charge in [0.2, 0.25) is 15.9 Å². The quantitative estimate of drug-likeness (QED) is 0.669. The van der Waals surface area contributed by atoms with Gasteiger partial charge in [0.1, 0.15) is 0 Å². The zero-order chi connectivity index (χ0) is 18.3. The normalized spacial score (nSPS) is 16.7. The lowest BCUT2D eigenvalue weighted by Crippen LogP contribution is -2.48. The van der Waals surface area contributed by atoms with E-state index in [-0.39, 0.29) is 35.2 Å². The van der Waals surface area contributed by atoms with Crippen molar-refractivity contribution in [1.29, 1.82) is 0 Å². The summed E-state index contributed by atoms with van der Waals surface area (Å²) >= 11 is 0. The van der Waals surface area contributed by atoms with Crippen LogP contribution in [0, 0.1) is 5.41 Å². The standard InChI is InChI=1S/C17H27N3O4S.ClH/c1-20(25(22,23)15-6-4-3-5-7-15)12-16(21)19-13-17(14-24-2)8-10-18-11-9-17;/h3-7,18H,8-14H2,1-2H3,(H,19,21);1H. The second-order valence-electron chi connectivity index (χ2n) is 6.53. The molecule has 0 radical (unpaired) electrons. The van der Waals surface area contributed by atoms with Gasteiger partial charge in [0.15, 0.2) is 0 Å². The number of ether oxygens (including phenoxy) is 1. The Balaban J connectivity index is 0.00000338. The van der Waals surface area contributed by atoms with Crippen LogP contribution in [0.15, 0.2) is 35.2 Å². The Morgan fingerprint density at radius 2 is 1.88 bits per heavy atom. The average Bonchev–Trinajstić information content (AvgIpc) is 2.62. The van der Waals surface area contributed by atoms with Gasteiger partial charge in [0.25, 0.3) is 0 Å². The zero-order valence-electron chi connectivity index (χ0n) is 15.2. The Morgan fingerprint density at radius 1 is 1.27 bits per heavy atom. The number of nitrogens with one attached hydrogen (secondary N) is 2. The number of halogens is 1. The van der Waals surface area contributed by atoms with Crippen LogP contribution in [0.1, 0.15) is 12.8 Å². The molecule has 0 aromatic heterocycles. The molecule has 7 nitrogen and oxygen atoms in total. The van der Waals surface area contributed by atoms with Gasteiger partial charge < -0.3 is 15.4 Å². The fourth-order valence-corrected chi connectivity index (χ4v) is 4.19. The predicted molar refractivity (Wildman–Crippen MR) is 103 cm³/mol. The molecule has 0 saturated carbocycles. The highest BCUT2D eigenvalue weighted by Gasteiger charge is 2.33. The number of piperidine rings is 1. The molecular formula is C17H28ClN3O4S. The number of benzene rings is 1. The van der Waals surface area contributed by atoms with E-state index in [1.807, 2.05) is 0 Å². The van der Waals surface area contributed by atoms with Gasteiger partial charge in [-0.05, 0) is 38.1 Å². The number of amides is 1. The van der Waals surface area contributed by atoms with E-state index in [9.17, 15) is 13.2 Å². The molecule has 0 unspecified atom stereocenters. The second-order valence-corrected chi connectivity index (χ2v) is 8.58. The first kappa shape index (κ1) is 22.9. The van der Waals surface area contributed by atoms with Crippen LogP contribution in [0.4, 0.5) is 0 Å². The molecular weight excluding hydrogens is 378 g/mol. The van der Waals surface area contributed by atoms with E-state index in [0.29, 0.717) is 13.2 Å². The second kappa shape index (κ2) is 10.2. The van der Waals surface area contributed by atoms with Gasteiger partial charge in [0.05, 0.1) is 18.0 Å². The van der Waals surface area contributed by atoms with E-state index < -0.39 is 10.0 Å². The first-order valence-electron chi connectivity index (χ1n) is 8.37. The summed E-state index contributed by atoms with van der Waals surface area (Å²) in [4.78, 5) is 12.4. The van der Waals surface area contributed by atoms with Crippen molar-refractivity contribution in [3.8, 4) is 0 Å². The lowest BCUT2D eigenvalue weighted by Gasteiger charge is -2.37. The Bertz CT molecular complexity index is 658. The molecule has 0 aliphatic carbocycles. The largest absolute Gasteiger partial charge is 0.384 e. The van der Waals surface area contributed by atoms with Gasteiger partial charge in [-0.2, -0.15) is 4.31 Å². The smallest absolute Gasteiger partial charge is 0.243 e. The van der Waals surface area contributed by atoms with Crippen molar-refractivity contribution in [2.75, 3.05) is 46.9 Å². The summed E-state index contributed by atoms with van der Waals surface area (Å²) in [6.07, 6.45) is 1.83. The van der Waals surface area contributed by atoms with Crippen molar-refractivity contribution < 1.29 is 17.9 Å². The number of methoxy groups -OCH3 is 1. The van der Waals surface area contributed by atoms with Crippen LogP contribution in [-0.2, 0) is 19.6 Å². The highest BCUT2D eigenvalue weighted by atomic mass is 35.5. The molecule has 26 heavy (non-hydrogen) atoms. The van der Waals surface area contributed by atoms with Gasteiger partial charge >= 0.3 is 0 Å². The molecule has 0 atom stereocenters. The molecule has 1 aromatic carbocycles. The molecule has 1 fully saturated rings. The molecule has 1 amide bonds. The molecule has 0 bridgehead atoms. The highest BCUT2D eigenvalue weighted by Crippen LogP contribution is 2.28. The topological polar surface area (TPSA) is 87.7 Å². The van der Waals surface area contributed by atoms with Crippen molar-refractivity contribution in [1.82, 2.24) is 14.9 Å². The fraction of sp³-hybridized carbons (Fsp3) is 0.588. The summed E-state index contributed by atoms with van der Waals surface area (Å²) in [7, 11) is -0.592. The van der Waals surface area contributed by atoms with Crippen LogP contribution in [0.2, 0.25) is 0 Å². The van der Waals surface area contributed by atoms with Crippen LogP contribution in [0.5, 0.6) is 0 Å². The third kappa shape index (κ3) is 5.92. The van der Waals surface area contributed by atoms with Crippen LogP contribution in [0.3, 0.4) is 0 Å². The lowest BCUT2D eigenvalue weighted by atomic mass is 9.79. The van der Waals surface area contributed by atoms with Gasteiger partial charge in [-0.15, -0.1) is 12.4 Å². The van der Waals surface area contributed by atoms with E-state index in [0.717, 1.165) is 30.2 Å². The van der Waals surface area contributed by atoms with E-state index >= 15 is 0 Å². The maximum atomic E-state index is 12.5. The summed E-state index contributed by atoms with van der Waals surface area (Å²) < 4.78 is 31.3. The summed E-state index contributed by atoms with van der Waals surface area (Å²) in [5, 5.41) is 6.18. The average molecular weight is 406 g/mol. The molecule has 1 aliphatic heterocycles. The fourth-order valence-electron chi connectivity index (χ4n) is 3.04. The summed E-state index contributed by atoms with van der Waals surface area (Å²) in [6, 6.07) is 8.11. The van der Waals surface area contributed by atoms with E-state index in [1.54, 1.807) is 25.3 Å². The Labute approximate surface area is 161 Å². The number of carbonyl (C=O) groups is 1. The van der Waals surface area contributed by atoms with Crippen LogP contribution in [-0.4, -0.2) is 65.6 Å². The number of rotatable bonds is 8. The number of hydrogen-bond acceptors (Lipinski definition) is 5. The highest BCUT2D eigenvalue weighted by molar-refractivity contribution is 7.89.